The Hall–Kier alpha value is -2.16. The van der Waals surface area contributed by atoms with Crippen LogP contribution in [0.2, 0.25) is 0 Å². The quantitative estimate of drug-likeness (QED) is 0.853. The third-order valence-corrected chi connectivity index (χ3v) is 3.97. The zero-order valence-corrected chi connectivity index (χ0v) is 12.4. The lowest BCUT2D eigenvalue weighted by Gasteiger charge is -2.29. The number of aliphatic imine (C=N–C) groups is 1. The summed E-state index contributed by atoms with van der Waals surface area (Å²) in [6.45, 7) is 4.20. The molecule has 1 saturated heterocycles. The molecule has 1 aromatic heterocycles. The number of pyridine rings is 1. The first-order chi connectivity index (χ1) is 10.3. The Morgan fingerprint density at radius 2 is 1.71 bits per heavy atom. The number of nitrogens with zero attached hydrogens (tertiary/aromatic N) is 3. The molecule has 1 atom stereocenters. The van der Waals surface area contributed by atoms with Crippen LogP contribution in [0.5, 0.6) is 0 Å². The number of piperidine rings is 1. The lowest BCUT2D eigenvalue weighted by molar-refractivity contribution is 0.724. The van der Waals surface area contributed by atoms with Gasteiger partial charge in [-0.2, -0.15) is 0 Å². The Labute approximate surface area is 126 Å². The monoisotopic (exact) mass is 279 g/mol. The summed E-state index contributed by atoms with van der Waals surface area (Å²) in [5, 5.41) is 0. The smallest absolute Gasteiger partial charge is 0.128 e. The molecule has 21 heavy (non-hydrogen) atoms. The number of rotatable bonds is 3. The van der Waals surface area contributed by atoms with Gasteiger partial charge in [0.25, 0.3) is 0 Å². The first-order valence-corrected chi connectivity index (χ1v) is 7.59. The zero-order chi connectivity index (χ0) is 14.5. The van der Waals surface area contributed by atoms with Crippen molar-refractivity contribution in [3.8, 4) is 0 Å². The van der Waals surface area contributed by atoms with Crippen molar-refractivity contribution < 1.29 is 0 Å². The third kappa shape index (κ3) is 3.48. The lowest BCUT2D eigenvalue weighted by Crippen LogP contribution is -2.34. The predicted octanol–water partition coefficient (Wildman–Crippen LogP) is 3.88. The van der Waals surface area contributed by atoms with Crippen LogP contribution in [0.25, 0.3) is 0 Å². The van der Waals surface area contributed by atoms with Crippen LogP contribution in [-0.4, -0.2) is 23.8 Å². The van der Waals surface area contributed by atoms with Crippen LogP contribution >= 0.6 is 0 Å². The van der Waals surface area contributed by atoms with Crippen molar-refractivity contribution in [3.05, 3.63) is 60.3 Å². The van der Waals surface area contributed by atoms with Crippen LogP contribution in [0.3, 0.4) is 0 Å². The van der Waals surface area contributed by atoms with Crippen molar-refractivity contribution in [1.29, 1.82) is 0 Å². The van der Waals surface area contributed by atoms with E-state index in [9.17, 15) is 0 Å². The first-order valence-electron chi connectivity index (χ1n) is 7.59. The van der Waals surface area contributed by atoms with Gasteiger partial charge in [0.1, 0.15) is 5.82 Å². The Balaban J connectivity index is 1.62. The summed E-state index contributed by atoms with van der Waals surface area (Å²) in [6, 6.07) is 16.8. The first kappa shape index (κ1) is 13.8. The minimum Gasteiger partial charge on any atom is -0.356 e. The molecular formula is C18H21N3. The average Bonchev–Trinajstić information content (AvgIpc) is 2.57. The van der Waals surface area contributed by atoms with Gasteiger partial charge in [-0.25, -0.2) is 4.98 Å². The highest BCUT2D eigenvalue weighted by Gasteiger charge is 2.16. The fraction of sp³-hybridized carbons (Fsp3) is 0.333. The van der Waals surface area contributed by atoms with Gasteiger partial charge in [0, 0.05) is 37.8 Å². The Bertz CT molecular complexity index is 582. The molecule has 1 fully saturated rings. The number of anilines is 1. The molecule has 2 aromatic rings. The van der Waals surface area contributed by atoms with Crippen LogP contribution in [0.15, 0.2) is 59.7 Å². The summed E-state index contributed by atoms with van der Waals surface area (Å²) in [5.74, 6) is 1.08. The van der Waals surface area contributed by atoms with Gasteiger partial charge in [-0.05, 0) is 24.6 Å². The molecule has 1 aromatic carbocycles. The van der Waals surface area contributed by atoms with Crippen molar-refractivity contribution in [1.82, 2.24) is 4.98 Å². The Kier molecular flexibility index (Phi) is 4.29. The van der Waals surface area contributed by atoms with Gasteiger partial charge in [-0.3, -0.25) is 4.99 Å². The molecule has 1 aliphatic rings. The van der Waals surface area contributed by atoms with Crippen LogP contribution in [0, 0.1) is 0 Å². The van der Waals surface area contributed by atoms with Crippen LogP contribution in [-0.2, 0) is 0 Å². The molecule has 0 radical (unpaired) electrons. The zero-order valence-electron chi connectivity index (χ0n) is 12.4. The highest BCUT2D eigenvalue weighted by atomic mass is 15.2. The van der Waals surface area contributed by atoms with E-state index in [1.165, 1.54) is 11.3 Å². The molecule has 0 N–H and O–H groups in total. The third-order valence-electron chi connectivity index (χ3n) is 3.97. The molecule has 0 saturated carbocycles. The number of hydrogen-bond donors (Lipinski definition) is 0. The van der Waals surface area contributed by atoms with Crippen LogP contribution < -0.4 is 4.90 Å². The molecule has 108 valence electrons. The van der Waals surface area contributed by atoms with Gasteiger partial charge in [-0.1, -0.05) is 36.4 Å². The number of hydrogen-bond acceptors (Lipinski definition) is 3. The SMILES string of the molecule is CC(N=C1CCN(c2ccccn2)CC1)c1ccccc1. The molecule has 1 aliphatic heterocycles. The van der Waals surface area contributed by atoms with Crippen molar-refractivity contribution >= 4 is 11.5 Å². The van der Waals surface area contributed by atoms with Crippen molar-refractivity contribution in [2.45, 2.75) is 25.8 Å². The predicted molar refractivity (Wildman–Crippen MR) is 88.0 cm³/mol. The van der Waals surface area contributed by atoms with Gasteiger partial charge in [0.2, 0.25) is 0 Å². The normalized spacial score (nSPS) is 16.6. The maximum absolute atomic E-state index is 4.90. The summed E-state index contributed by atoms with van der Waals surface area (Å²) in [4.78, 5) is 11.7. The molecule has 2 heterocycles. The van der Waals surface area contributed by atoms with E-state index < -0.39 is 0 Å². The maximum Gasteiger partial charge on any atom is 0.128 e. The largest absolute Gasteiger partial charge is 0.356 e. The highest BCUT2D eigenvalue weighted by molar-refractivity contribution is 5.86. The van der Waals surface area contributed by atoms with E-state index in [1.54, 1.807) is 0 Å². The topological polar surface area (TPSA) is 28.5 Å². The van der Waals surface area contributed by atoms with Gasteiger partial charge in [0.05, 0.1) is 6.04 Å². The van der Waals surface area contributed by atoms with Crippen molar-refractivity contribution in [3.63, 3.8) is 0 Å². The van der Waals surface area contributed by atoms with E-state index in [2.05, 4.69) is 53.2 Å². The van der Waals surface area contributed by atoms with Crippen molar-refractivity contribution in [2.24, 2.45) is 4.99 Å². The minimum atomic E-state index is 0.252. The molecule has 3 rings (SSSR count). The lowest BCUT2D eigenvalue weighted by atomic mass is 10.1. The van der Waals surface area contributed by atoms with E-state index in [4.69, 9.17) is 4.99 Å². The van der Waals surface area contributed by atoms with Crippen molar-refractivity contribution in [2.75, 3.05) is 18.0 Å². The average molecular weight is 279 g/mol. The number of aromatic nitrogens is 1. The van der Waals surface area contributed by atoms with E-state index in [0.29, 0.717) is 0 Å². The second kappa shape index (κ2) is 6.53. The fourth-order valence-electron chi connectivity index (χ4n) is 2.74. The molecule has 1 unspecified atom stereocenters. The van der Waals surface area contributed by atoms with Gasteiger partial charge in [-0.15, -0.1) is 0 Å². The summed E-state index contributed by atoms with van der Waals surface area (Å²) in [6.07, 6.45) is 3.93. The standard InChI is InChI=1S/C18H21N3/c1-15(16-7-3-2-4-8-16)20-17-10-13-21(14-11-17)18-9-5-6-12-19-18/h2-9,12,15H,10-11,13-14H2,1H3. The molecule has 3 nitrogen and oxygen atoms in total. The molecule has 0 amide bonds. The molecule has 0 spiro atoms. The van der Waals surface area contributed by atoms with E-state index in [1.807, 2.05) is 18.3 Å². The van der Waals surface area contributed by atoms with E-state index in [-0.39, 0.29) is 6.04 Å². The van der Waals surface area contributed by atoms with Gasteiger partial charge in [0.15, 0.2) is 0 Å². The molecular weight excluding hydrogens is 258 g/mol. The van der Waals surface area contributed by atoms with Gasteiger partial charge >= 0.3 is 0 Å². The Morgan fingerprint density at radius 1 is 1.00 bits per heavy atom. The van der Waals surface area contributed by atoms with E-state index in [0.717, 1.165) is 31.7 Å². The summed E-state index contributed by atoms with van der Waals surface area (Å²) < 4.78 is 0. The Morgan fingerprint density at radius 3 is 2.38 bits per heavy atom. The summed E-state index contributed by atoms with van der Waals surface area (Å²) in [5.41, 5.74) is 2.62. The highest BCUT2D eigenvalue weighted by Crippen LogP contribution is 2.20. The van der Waals surface area contributed by atoms with E-state index >= 15 is 0 Å². The fourth-order valence-corrected chi connectivity index (χ4v) is 2.74. The van der Waals surface area contributed by atoms with Gasteiger partial charge < -0.3 is 4.90 Å². The van der Waals surface area contributed by atoms with Crippen LogP contribution in [0.1, 0.15) is 31.4 Å². The summed E-state index contributed by atoms with van der Waals surface area (Å²) in [7, 11) is 0. The second-order valence-electron chi connectivity index (χ2n) is 5.46. The second-order valence-corrected chi connectivity index (χ2v) is 5.46. The van der Waals surface area contributed by atoms with Crippen LogP contribution in [0.4, 0.5) is 5.82 Å². The molecule has 3 heteroatoms. The molecule has 0 bridgehead atoms. The summed E-state index contributed by atoms with van der Waals surface area (Å²) >= 11 is 0. The number of benzene rings is 1. The molecule has 0 aliphatic carbocycles. The maximum atomic E-state index is 4.90. The minimum absolute atomic E-state index is 0.252.